The zero-order valence-corrected chi connectivity index (χ0v) is 11.2. The zero-order valence-electron chi connectivity index (χ0n) is 10.4. The number of β-lactam (4-membered cyclic amide) rings is 1. The van der Waals surface area contributed by atoms with Crippen LogP contribution in [-0.4, -0.2) is 60.0 Å². The van der Waals surface area contributed by atoms with Crippen LogP contribution in [0.2, 0.25) is 0 Å². The van der Waals surface area contributed by atoms with Crippen molar-refractivity contribution in [1.29, 1.82) is 0 Å². The van der Waals surface area contributed by atoms with Crippen LogP contribution >= 0.6 is 0 Å². The standard InChI is InChI=1S/C10H12N2O7S/c1-4(13)19-2-5-3-20(17,18)9-6(11)8(14)12(9)7(5)10(15)16/h6,9H,2-3,11H2,1H3,(H,15,16)/t6-,9?/m1/s1. The summed E-state index contributed by atoms with van der Waals surface area (Å²) >= 11 is 0. The van der Waals surface area contributed by atoms with E-state index in [2.05, 4.69) is 4.74 Å². The van der Waals surface area contributed by atoms with E-state index in [1.165, 1.54) is 0 Å². The van der Waals surface area contributed by atoms with Gasteiger partial charge in [0.05, 0.1) is 5.75 Å². The van der Waals surface area contributed by atoms with Crippen LogP contribution in [0.25, 0.3) is 0 Å². The molecule has 0 radical (unpaired) electrons. The molecule has 20 heavy (non-hydrogen) atoms. The molecule has 2 atom stereocenters. The lowest BCUT2D eigenvalue weighted by atomic mass is 10.0. The van der Waals surface area contributed by atoms with Gasteiger partial charge in [0.25, 0.3) is 0 Å². The minimum Gasteiger partial charge on any atom is -0.477 e. The summed E-state index contributed by atoms with van der Waals surface area (Å²) in [5.41, 5.74) is 4.79. The van der Waals surface area contributed by atoms with Gasteiger partial charge in [0.2, 0.25) is 5.91 Å². The molecule has 2 rings (SSSR count). The maximum Gasteiger partial charge on any atom is 0.352 e. The summed E-state index contributed by atoms with van der Waals surface area (Å²) in [6.07, 6.45) is 0. The summed E-state index contributed by atoms with van der Waals surface area (Å²) < 4.78 is 28.6. The van der Waals surface area contributed by atoms with Crippen LogP contribution in [0.4, 0.5) is 0 Å². The highest BCUT2D eigenvalue weighted by Gasteiger charge is 2.58. The fourth-order valence-corrected chi connectivity index (χ4v) is 4.20. The molecule has 0 spiro atoms. The number of sulfone groups is 1. The van der Waals surface area contributed by atoms with Gasteiger partial charge in [-0.15, -0.1) is 0 Å². The Bertz CT molecular complexity index is 636. The van der Waals surface area contributed by atoms with Gasteiger partial charge in [-0.3, -0.25) is 14.5 Å². The fourth-order valence-electron chi connectivity index (χ4n) is 2.23. The normalized spacial score (nSPS) is 27.7. The molecule has 1 fully saturated rings. The average Bonchev–Trinajstić information content (AvgIpc) is 2.32. The Balaban J connectivity index is 2.47. The van der Waals surface area contributed by atoms with E-state index in [1.54, 1.807) is 0 Å². The number of carboxylic acid groups (broad SMARTS) is 1. The van der Waals surface area contributed by atoms with Crippen molar-refractivity contribution in [3.63, 3.8) is 0 Å². The van der Waals surface area contributed by atoms with Crippen molar-refractivity contribution < 1.29 is 32.6 Å². The molecule has 0 saturated carbocycles. The van der Waals surface area contributed by atoms with Gasteiger partial charge < -0.3 is 15.6 Å². The predicted molar refractivity (Wildman–Crippen MR) is 63.7 cm³/mol. The molecule has 0 aliphatic carbocycles. The third kappa shape index (κ3) is 2.06. The Morgan fingerprint density at radius 3 is 2.60 bits per heavy atom. The summed E-state index contributed by atoms with van der Waals surface area (Å²) in [7, 11) is -3.80. The van der Waals surface area contributed by atoms with Crippen LogP contribution in [0.5, 0.6) is 0 Å². The maximum atomic E-state index is 12.0. The molecule has 9 nitrogen and oxygen atoms in total. The van der Waals surface area contributed by atoms with E-state index in [-0.39, 0.29) is 5.57 Å². The molecule has 0 bridgehead atoms. The molecule has 0 aromatic heterocycles. The van der Waals surface area contributed by atoms with Gasteiger partial charge in [-0.1, -0.05) is 0 Å². The van der Waals surface area contributed by atoms with Crippen LogP contribution in [0.1, 0.15) is 6.92 Å². The summed E-state index contributed by atoms with van der Waals surface area (Å²) in [6.45, 7) is 0.605. The molecule has 0 aromatic carbocycles. The molecule has 3 N–H and O–H groups in total. The van der Waals surface area contributed by atoms with Crippen molar-refractivity contribution in [2.75, 3.05) is 12.4 Å². The average molecular weight is 304 g/mol. The molecular weight excluding hydrogens is 292 g/mol. The van der Waals surface area contributed by atoms with Crippen molar-refractivity contribution in [1.82, 2.24) is 4.90 Å². The highest BCUT2D eigenvalue weighted by Crippen LogP contribution is 2.35. The lowest BCUT2D eigenvalue weighted by molar-refractivity contribution is -0.148. The lowest BCUT2D eigenvalue weighted by Gasteiger charge is -2.47. The van der Waals surface area contributed by atoms with Crippen LogP contribution in [0, 0.1) is 0 Å². The van der Waals surface area contributed by atoms with Gasteiger partial charge in [0, 0.05) is 12.5 Å². The Kier molecular flexibility index (Phi) is 3.30. The number of hydrogen-bond donors (Lipinski definition) is 2. The Morgan fingerprint density at radius 2 is 2.10 bits per heavy atom. The third-order valence-electron chi connectivity index (χ3n) is 3.06. The van der Waals surface area contributed by atoms with E-state index in [9.17, 15) is 22.8 Å². The number of fused-ring (bicyclic) bond motifs is 1. The molecule has 2 aliphatic rings. The number of carbonyl (C=O) groups excluding carboxylic acids is 2. The van der Waals surface area contributed by atoms with Crippen LogP contribution in [0.15, 0.2) is 11.3 Å². The van der Waals surface area contributed by atoms with Crippen molar-refractivity contribution in [2.45, 2.75) is 18.3 Å². The minimum atomic E-state index is -3.80. The second-order valence-electron chi connectivity index (χ2n) is 4.47. The molecule has 0 aromatic rings. The number of aliphatic carboxylic acids is 1. The zero-order chi connectivity index (χ0) is 15.2. The smallest absolute Gasteiger partial charge is 0.352 e. The lowest BCUT2D eigenvalue weighted by Crippen LogP contribution is -2.73. The van der Waals surface area contributed by atoms with Gasteiger partial charge in [-0.05, 0) is 0 Å². The number of carboxylic acids is 1. The minimum absolute atomic E-state index is 0.149. The summed E-state index contributed by atoms with van der Waals surface area (Å²) in [6, 6.07) is -1.26. The van der Waals surface area contributed by atoms with E-state index in [0.717, 1.165) is 6.92 Å². The molecule has 2 aliphatic heterocycles. The first-order chi connectivity index (χ1) is 9.16. The summed E-state index contributed by atoms with van der Waals surface area (Å²) in [4.78, 5) is 34.2. The largest absolute Gasteiger partial charge is 0.477 e. The molecule has 110 valence electrons. The SMILES string of the molecule is CC(=O)OCC1=C(C(=O)O)N2C(=O)[C@@H](N)C2S(=O)(=O)C1. The van der Waals surface area contributed by atoms with Crippen LogP contribution < -0.4 is 5.73 Å². The molecular formula is C10H12N2O7S. The second kappa shape index (κ2) is 4.56. The molecule has 1 saturated heterocycles. The van der Waals surface area contributed by atoms with Crippen LogP contribution in [0.3, 0.4) is 0 Å². The first-order valence-corrected chi connectivity index (χ1v) is 7.27. The maximum absolute atomic E-state index is 12.0. The van der Waals surface area contributed by atoms with E-state index < -0.39 is 57.2 Å². The van der Waals surface area contributed by atoms with Crippen molar-refractivity contribution in [2.24, 2.45) is 5.73 Å². The van der Waals surface area contributed by atoms with Gasteiger partial charge in [-0.25, -0.2) is 13.2 Å². The number of hydrogen-bond acceptors (Lipinski definition) is 7. The molecule has 10 heteroatoms. The Morgan fingerprint density at radius 1 is 1.50 bits per heavy atom. The molecule has 1 amide bonds. The molecule has 1 unspecified atom stereocenters. The predicted octanol–water partition coefficient (Wildman–Crippen LogP) is -2.19. The number of nitrogens with zero attached hydrogens (tertiary/aromatic N) is 1. The third-order valence-corrected chi connectivity index (χ3v) is 5.05. The topological polar surface area (TPSA) is 144 Å². The quantitative estimate of drug-likeness (QED) is 0.442. The number of rotatable bonds is 3. The number of esters is 1. The second-order valence-corrected chi connectivity index (χ2v) is 6.57. The van der Waals surface area contributed by atoms with E-state index >= 15 is 0 Å². The van der Waals surface area contributed by atoms with Crippen molar-refractivity contribution in [3.05, 3.63) is 11.3 Å². The number of nitrogens with two attached hydrogens (primary N) is 1. The van der Waals surface area contributed by atoms with Crippen LogP contribution in [-0.2, 0) is 29.0 Å². The van der Waals surface area contributed by atoms with Gasteiger partial charge in [0.15, 0.2) is 15.2 Å². The van der Waals surface area contributed by atoms with Gasteiger partial charge >= 0.3 is 11.9 Å². The molecule has 2 heterocycles. The highest BCUT2D eigenvalue weighted by molar-refractivity contribution is 7.92. The van der Waals surface area contributed by atoms with Crippen molar-refractivity contribution in [3.8, 4) is 0 Å². The highest BCUT2D eigenvalue weighted by atomic mass is 32.2. The van der Waals surface area contributed by atoms with E-state index in [1.807, 2.05) is 0 Å². The number of amides is 1. The van der Waals surface area contributed by atoms with Gasteiger partial charge in [-0.2, -0.15) is 0 Å². The van der Waals surface area contributed by atoms with Gasteiger partial charge in [0.1, 0.15) is 18.3 Å². The Hall–Kier alpha value is -1.94. The summed E-state index contributed by atoms with van der Waals surface area (Å²) in [5, 5.41) is 7.78. The van der Waals surface area contributed by atoms with Crippen molar-refractivity contribution >= 4 is 27.7 Å². The monoisotopic (exact) mass is 304 g/mol. The Labute approximate surface area is 113 Å². The number of carbonyl (C=O) groups is 3. The summed E-state index contributed by atoms with van der Waals surface area (Å²) in [5.74, 6) is -3.54. The fraction of sp³-hybridized carbons (Fsp3) is 0.500. The number of ether oxygens (including phenoxy) is 1. The van der Waals surface area contributed by atoms with E-state index in [0.29, 0.717) is 4.90 Å². The first-order valence-electron chi connectivity index (χ1n) is 5.55. The van der Waals surface area contributed by atoms with E-state index in [4.69, 9.17) is 10.8 Å². The first kappa shape index (κ1) is 14.5.